The van der Waals surface area contributed by atoms with Gasteiger partial charge in [0, 0.05) is 0 Å². The van der Waals surface area contributed by atoms with Crippen molar-refractivity contribution < 1.29 is 20.1 Å². The van der Waals surface area contributed by atoms with Gasteiger partial charge in [0.2, 0.25) is 5.91 Å². The Kier molecular flexibility index (Phi) is 55.0. The molecule has 3 atom stereocenters. The Morgan fingerprint density at radius 2 is 0.657 bits per heavy atom. The fraction of sp³-hybridized carbons (Fsp3) is 0.823. The van der Waals surface area contributed by atoms with Crippen LogP contribution < -0.4 is 5.32 Å². The lowest BCUT2D eigenvalue weighted by Crippen LogP contribution is -2.48. The number of aliphatic hydroxyl groups is 3. The number of allylic oxidation sites excluding steroid dienone is 9. The summed E-state index contributed by atoms with van der Waals surface area (Å²) in [5, 5.41) is 33.3. The third-order valence-corrected chi connectivity index (χ3v) is 13.6. The van der Waals surface area contributed by atoms with Gasteiger partial charge >= 0.3 is 0 Å². The van der Waals surface area contributed by atoms with E-state index in [-0.39, 0.29) is 6.61 Å². The zero-order valence-corrected chi connectivity index (χ0v) is 44.8. The van der Waals surface area contributed by atoms with Gasteiger partial charge < -0.3 is 20.6 Å². The van der Waals surface area contributed by atoms with E-state index in [2.05, 4.69) is 67.8 Å². The molecule has 67 heavy (non-hydrogen) atoms. The van der Waals surface area contributed by atoms with Crippen molar-refractivity contribution in [3.05, 3.63) is 60.8 Å². The van der Waals surface area contributed by atoms with Crippen LogP contribution in [0.3, 0.4) is 0 Å². The molecule has 0 bridgehead atoms. The smallest absolute Gasteiger partial charge is 0.249 e. The van der Waals surface area contributed by atoms with E-state index in [9.17, 15) is 20.1 Å². The lowest BCUT2D eigenvalue weighted by molar-refractivity contribution is -0.131. The fourth-order valence-corrected chi connectivity index (χ4v) is 8.96. The predicted molar refractivity (Wildman–Crippen MR) is 296 cm³/mol. The summed E-state index contributed by atoms with van der Waals surface area (Å²) >= 11 is 0. The van der Waals surface area contributed by atoms with Gasteiger partial charge in [-0.3, -0.25) is 4.79 Å². The van der Waals surface area contributed by atoms with E-state index in [1.54, 1.807) is 6.08 Å². The van der Waals surface area contributed by atoms with E-state index >= 15 is 0 Å². The van der Waals surface area contributed by atoms with Crippen LogP contribution in [0.15, 0.2) is 60.8 Å². The first-order valence-corrected chi connectivity index (χ1v) is 29.6. The highest BCUT2D eigenvalue weighted by molar-refractivity contribution is 5.80. The van der Waals surface area contributed by atoms with Gasteiger partial charge in [0.05, 0.1) is 18.8 Å². The van der Waals surface area contributed by atoms with Gasteiger partial charge in [0.25, 0.3) is 0 Å². The van der Waals surface area contributed by atoms with Crippen LogP contribution in [0.4, 0.5) is 0 Å². The molecule has 0 aliphatic heterocycles. The highest BCUT2D eigenvalue weighted by Gasteiger charge is 2.22. The molecule has 392 valence electrons. The first-order valence-electron chi connectivity index (χ1n) is 29.6. The summed E-state index contributed by atoms with van der Waals surface area (Å²) in [6, 6.07) is -0.823. The number of nitrogens with one attached hydrogen (secondary N) is 1. The second-order valence-corrected chi connectivity index (χ2v) is 20.2. The summed E-state index contributed by atoms with van der Waals surface area (Å²) in [6.45, 7) is 4.19. The van der Waals surface area contributed by atoms with Crippen LogP contribution >= 0.6 is 0 Å². The maximum absolute atomic E-state index is 12.6. The Balaban J connectivity index is 3.58. The molecular formula is C62H115NO4. The molecule has 0 saturated heterocycles. The molecule has 5 nitrogen and oxygen atoms in total. The number of hydrogen-bond donors (Lipinski definition) is 4. The average Bonchev–Trinajstić information content (AvgIpc) is 3.33. The van der Waals surface area contributed by atoms with Gasteiger partial charge in [-0.1, -0.05) is 286 Å². The number of rotatable bonds is 54. The van der Waals surface area contributed by atoms with Crippen molar-refractivity contribution in [1.29, 1.82) is 0 Å². The van der Waals surface area contributed by atoms with Crippen LogP contribution in [0.5, 0.6) is 0 Å². The second-order valence-electron chi connectivity index (χ2n) is 20.2. The number of unbranched alkanes of at least 4 members (excludes halogenated alkanes) is 38. The molecule has 0 fully saturated rings. The molecule has 3 unspecified atom stereocenters. The SMILES string of the molecule is CCCCCCCCCCC/C=C/CC/C=C/CC/C=C/C(O)C(CO)NC(=O)C(O)CCCCCCCCCCCCCCCCCC/C=C\C/C=C\CCCCCCCCCCCCC. The van der Waals surface area contributed by atoms with Gasteiger partial charge in [0.1, 0.15) is 6.10 Å². The minimum absolute atomic E-state index is 0.382. The van der Waals surface area contributed by atoms with Gasteiger partial charge in [-0.2, -0.15) is 0 Å². The summed E-state index contributed by atoms with van der Waals surface area (Å²) in [7, 11) is 0. The molecule has 0 aromatic heterocycles. The maximum atomic E-state index is 12.6. The highest BCUT2D eigenvalue weighted by atomic mass is 16.3. The molecule has 5 heteroatoms. The van der Waals surface area contributed by atoms with E-state index in [1.807, 2.05) is 6.08 Å². The minimum atomic E-state index is -1.11. The Morgan fingerprint density at radius 3 is 1.00 bits per heavy atom. The van der Waals surface area contributed by atoms with Crippen LogP contribution in [0.2, 0.25) is 0 Å². The van der Waals surface area contributed by atoms with Crippen molar-refractivity contribution in [2.24, 2.45) is 0 Å². The summed E-state index contributed by atoms with van der Waals surface area (Å²) in [5.41, 5.74) is 0. The Bertz CT molecular complexity index is 1130. The van der Waals surface area contributed by atoms with Crippen LogP contribution in [0.25, 0.3) is 0 Å². The molecule has 0 aromatic carbocycles. The second kappa shape index (κ2) is 56.6. The van der Waals surface area contributed by atoms with Crippen molar-refractivity contribution in [3.8, 4) is 0 Å². The monoisotopic (exact) mass is 938 g/mol. The molecular weight excluding hydrogens is 823 g/mol. The van der Waals surface area contributed by atoms with Crippen LogP contribution in [-0.4, -0.2) is 46.1 Å². The summed E-state index contributed by atoms with van der Waals surface area (Å²) in [4.78, 5) is 12.6. The molecule has 0 aliphatic carbocycles. The first kappa shape index (κ1) is 65.0. The maximum Gasteiger partial charge on any atom is 0.249 e. The highest BCUT2D eigenvalue weighted by Crippen LogP contribution is 2.17. The molecule has 0 saturated carbocycles. The number of carbonyl (C=O) groups excluding carboxylic acids is 1. The third kappa shape index (κ3) is 51.7. The Labute approximate surface area is 418 Å². The lowest BCUT2D eigenvalue weighted by Gasteiger charge is -2.21. The quantitative estimate of drug-likeness (QED) is 0.0361. The summed E-state index contributed by atoms with van der Waals surface area (Å²) in [5.74, 6) is -0.515. The third-order valence-electron chi connectivity index (χ3n) is 13.6. The summed E-state index contributed by atoms with van der Waals surface area (Å²) in [6.07, 6.45) is 77.4. The topological polar surface area (TPSA) is 89.8 Å². The Hall–Kier alpha value is -1.95. The van der Waals surface area contributed by atoms with E-state index in [0.717, 1.165) is 51.4 Å². The predicted octanol–water partition coefficient (Wildman–Crippen LogP) is 18.6. The molecule has 0 radical (unpaired) electrons. The molecule has 0 rings (SSSR count). The standard InChI is InChI=1S/C62H115NO4/c1-3-5-7-9-11-13-15-17-19-21-23-24-25-26-27-28-29-30-31-32-33-34-35-36-37-39-41-43-45-47-49-51-53-55-57-61(66)62(67)63-59(58-64)60(65)56-54-52-50-48-46-44-42-40-38-22-20-18-16-14-12-10-8-6-4-2/h25-26,28-29,38,40,46,48,54,56,59-61,64-66H,3-24,27,30-37,39,41-45,47,49-53,55,57-58H2,1-2H3,(H,63,67)/b26-25-,29-28-,40-38+,48-46+,56-54+. The van der Waals surface area contributed by atoms with Crippen molar-refractivity contribution in [2.45, 2.75) is 321 Å². The normalized spacial score (nSPS) is 13.7. The minimum Gasteiger partial charge on any atom is -0.394 e. The lowest BCUT2D eigenvalue weighted by atomic mass is 10.0. The molecule has 0 aliphatic rings. The number of carbonyl (C=O) groups is 1. The van der Waals surface area contributed by atoms with Gasteiger partial charge in [-0.15, -0.1) is 0 Å². The molecule has 1 amide bonds. The van der Waals surface area contributed by atoms with Crippen molar-refractivity contribution in [1.82, 2.24) is 5.32 Å². The average molecular weight is 939 g/mol. The van der Waals surface area contributed by atoms with Gasteiger partial charge in [-0.05, 0) is 77.0 Å². The summed E-state index contributed by atoms with van der Waals surface area (Å²) < 4.78 is 0. The largest absolute Gasteiger partial charge is 0.394 e. The molecule has 0 spiro atoms. The van der Waals surface area contributed by atoms with E-state index in [1.165, 1.54) is 231 Å². The molecule has 0 aromatic rings. The molecule has 0 heterocycles. The number of amides is 1. The van der Waals surface area contributed by atoms with E-state index < -0.39 is 24.2 Å². The first-order chi connectivity index (χ1) is 33.1. The van der Waals surface area contributed by atoms with Crippen molar-refractivity contribution in [3.63, 3.8) is 0 Å². The molecule has 4 N–H and O–H groups in total. The Morgan fingerprint density at radius 1 is 0.373 bits per heavy atom. The van der Waals surface area contributed by atoms with Crippen molar-refractivity contribution in [2.75, 3.05) is 6.61 Å². The van der Waals surface area contributed by atoms with Gasteiger partial charge in [0.15, 0.2) is 0 Å². The fourth-order valence-electron chi connectivity index (χ4n) is 8.96. The zero-order valence-electron chi connectivity index (χ0n) is 44.8. The number of hydrogen-bond acceptors (Lipinski definition) is 4. The van der Waals surface area contributed by atoms with Crippen LogP contribution in [0, 0.1) is 0 Å². The van der Waals surface area contributed by atoms with E-state index in [4.69, 9.17) is 0 Å². The van der Waals surface area contributed by atoms with Gasteiger partial charge in [-0.25, -0.2) is 0 Å². The van der Waals surface area contributed by atoms with Crippen LogP contribution in [0.1, 0.15) is 303 Å². The van der Waals surface area contributed by atoms with Crippen LogP contribution in [-0.2, 0) is 4.79 Å². The zero-order chi connectivity index (χ0) is 48.6. The number of aliphatic hydroxyl groups excluding tert-OH is 3. The van der Waals surface area contributed by atoms with E-state index in [0.29, 0.717) is 6.42 Å². The van der Waals surface area contributed by atoms with Crippen molar-refractivity contribution >= 4 is 5.91 Å².